The lowest BCUT2D eigenvalue weighted by atomic mass is 10.2. The predicted octanol–water partition coefficient (Wildman–Crippen LogP) is 1.12. The maximum Gasteiger partial charge on any atom is 0.0625 e. The van der Waals surface area contributed by atoms with Crippen molar-refractivity contribution in [1.82, 2.24) is 15.1 Å². The van der Waals surface area contributed by atoms with Gasteiger partial charge in [0, 0.05) is 23.9 Å². The molecule has 1 aliphatic rings. The van der Waals surface area contributed by atoms with Gasteiger partial charge in [-0.05, 0) is 25.4 Å². The SMILES string of the molecule is Cn1cc(SCC2CCNC2)cn1. The molecule has 72 valence electrons. The molecular formula is C9H15N3S. The maximum atomic E-state index is 4.14. The average molecular weight is 197 g/mol. The number of rotatable bonds is 3. The van der Waals surface area contributed by atoms with Crippen LogP contribution in [0.1, 0.15) is 6.42 Å². The van der Waals surface area contributed by atoms with Crippen molar-refractivity contribution in [3.05, 3.63) is 12.4 Å². The molecule has 3 nitrogen and oxygen atoms in total. The van der Waals surface area contributed by atoms with Gasteiger partial charge in [-0.2, -0.15) is 5.10 Å². The van der Waals surface area contributed by atoms with Crippen molar-refractivity contribution in [3.63, 3.8) is 0 Å². The third kappa shape index (κ3) is 2.48. The summed E-state index contributed by atoms with van der Waals surface area (Å²) in [6.45, 7) is 2.38. The third-order valence-electron chi connectivity index (χ3n) is 2.33. The van der Waals surface area contributed by atoms with Crippen LogP contribution in [0.5, 0.6) is 0 Å². The van der Waals surface area contributed by atoms with Gasteiger partial charge in [-0.3, -0.25) is 4.68 Å². The molecule has 1 fully saturated rings. The lowest BCUT2D eigenvalue weighted by molar-refractivity contribution is 0.662. The van der Waals surface area contributed by atoms with Gasteiger partial charge in [0.05, 0.1) is 6.20 Å². The summed E-state index contributed by atoms with van der Waals surface area (Å²) in [6.07, 6.45) is 5.34. The number of hydrogen-bond donors (Lipinski definition) is 1. The van der Waals surface area contributed by atoms with Crippen molar-refractivity contribution in [2.45, 2.75) is 11.3 Å². The quantitative estimate of drug-likeness (QED) is 0.736. The molecule has 0 spiro atoms. The number of aromatic nitrogens is 2. The first kappa shape index (κ1) is 9.09. The Hall–Kier alpha value is -0.480. The second-order valence-electron chi connectivity index (χ2n) is 3.52. The lowest BCUT2D eigenvalue weighted by Crippen LogP contribution is -2.10. The van der Waals surface area contributed by atoms with Crippen LogP contribution in [0.25, 0.3) is 0 Å². The summed E-state index contributed by atoms with van der Waals surface area (Å²) in [4.78, 5) is 1.29. The van der Waals surface area contributed by atoms with Gasteiger partial charge in [-0.1, -0.05) is 0 Å². The molecule has 0 amide bonds. The van der Waals surface area contributed by atoms with Crippen molar-refractivity contribution in [2.75, 3.05) is 18.8 Å². The van der Waals surface area contributed by atoms with Crippen LogP contribution in [0.4, 0.5) is 0 Å². The minimum atomic E-state index is 0.852. The smallest absolute Gasteiger partial charge is 0.0625 e. The highest BCUT2D eigenvalue weighted by Crippen LogP contribution is 2.22. The van der Waals surface area contributed by atoms with Crippen LogP contribution in [-0.2, 0) is 7.05 Å². The molecule has 0 aromatic carbocycles. The first-order chi connectivity index (χ1) is 6.34. The summed E-state index contributed by atoms with van der Waals surface area (Å²) in [5.74, 6) is 2.07. The molecule has 0 aliphatic carbocycles. The summed E-state index contributed by atoms with van der Waals surface area (Å²) in [5.41, 5.74) is 0. The van der Waals surface area contributed by atoms with Crippen molar-refractivity contribution in [1.29, 1.82) is 0 Å². The van der Waals surface area contributed by atoms with Crippen LogP contribution in [0, 0.1) is 5.92 Å². The van der Waals surface area contributed by atoms with Gasteiger partial charge >= 0.3 is 0 Å². The molecule has 0 saturated carbocycles. The van der Waals surface area contributed by atoms with E-state index < -0.39 is 0 Å². The fraction of sp³-hybridized carbons (Fsp3) is 0.667. The zero-order valence-corrected chi connectivity index (χ0v) is 8.68. The molecule has 2 heterocycles. The van der Waals surface area contributed by atoms with Gasteiger partial charge in [0.25, 0.3) is 0 Å². The van der Waals surface area contributed by atoms with Crippen molar-refractivity contribution >= 4 is 11.8 Å². The molecule has 13 heavy (non-hydrogen) atoms. The van der Waals surface area contributed by atoms with Gasteiger partial charge in [-0.25, -0.2) is 0 Å². The second kappa shape index (κ2) is 4.15. The molecule has 1 N–H and O–H groups in total. The Morgan fingerprint density at radius 3 is 3.31 bits per heavy atom. The van der Waals surface area contributed by atoms with Crippen molar-refractivity contribution in [3.8, 4) is 0 Å². The highest BCUT2D eigenvalue weighted by Gasteiger charge is 2.14. The molecule has 0 radical (unpaired) electrons. The van der Waals surface area contributed by atoms with Gasteiger partial charge in [0.2, 0.25) is 0 Å². The summed E-state index contributed by atoms with van der Waals surface area (Å²) < 4.78 is 1.86. The maximum absolute atomic E-state index is 4.14. The Morgan fingerprint density at radius 2 is 2.69 bits per heavy atom. The lowest BCUT2D eigenvalue weighted by Gasteiger charge is -2.04. The standard InChI is InChI=1S/C9H15N3S/c1-12-6-9(5-11-12)13-7-8-2-3-10-4-8/h5-6,8,10H,2-4,7H2,1H3. The van der Waals surface area contributed by atoms with Crippen LogP contribution in [0.2, 0.25) is 0 Å². The van der Waals surface area contributed by atoms with E-state index in [0.717, 1.165) is 5.92 Å². The Morgan fingerprint density at radius 1 is 1.77 bits per heavy atom. The summed E-state index contributed by atoms with van der Waals surface area (Å²) in [5, 5.41) is 7.52. The molecule has 1 aromatic heterocycles. The van der Waals surface area contributed by atoms with Gasteiger partial charge in [0.1, 0.15) is 0 Å². The molecule has 1 aliphatic heterocycles. The molecule has 1 saturated heterocycles. The monoisotopic (exact) mass is 197 g/mol. The summed E-state index contributed by atoms with van der Waals surface area (Å²) in [7, 11) is 1.96. The minimum absolute atomic E-state index is 0.852. The number of nitrogens with one attached hydrogen (secondary N) is 1. The molecule has 1 aromatic rings. The van der Waals surface area contributed by atoms with Gasteiger partial charge in [0.15, 0.2) is 0 Å². The fourth-order valence-electron chi connectivity index (χ4n) is 1.54. The van der Waals surface area contributed by atoms with E-state index in [1.807, 2.05) is 29.7 Å². The van der Waals surface area contributed by atoms with E-state index in [9.17, 15) is 0 Å². The predicted molar refractivity (Wildman–Crippen MR) is 54.9 cm³/mol. The molecular weight excluding hydrogens is 182 g/mol. The van der Waals surface area contributed by atoms with E-state index in [-0.39, 0.29) is 0 Å². The highest BCUT2D eigenvalue weighted by atomic mass is 32.2. The fourth-order valence-corrected chi connectivity index (χ4v) is 2.61. The molecule has 2 rings (SSSR count). The van der Waals surface area contributed by atoms with E-state index >= 15 is 0 Å². The molecule has 1 unspecified atom stereocenters. The molecule has 1 atom stereocenters. The topological polar surface area (TPSA) is 29.9 Å². The molecule has 0 bridgehead atoms. The Bertz CT molecular complexity index is 266. The van der Waals surface area contributed by atoms with Crippen molar-refractivity contribution in [2.24, 2.45) is 13.0 Å². The largest absolute Gasteiger partial charge is 0.316 e. The molecule has 4 heteroatoms. The normalized spacial score (nSPS) is 22.4. The van der Waals surface area contributed by atoms with Gasteiger partial charge in [-0.15, -0.1) is 11.8 Å². The first-order valence-electron chi connectivity index (χ1n) is 4.67. The number of hydrogen-bond acceptors (Lipinski definition) is 3. The van der Waals surface area contributed by atoms with Crippen LogP contribution in [0.15, 0.2) is 17.3 Å². The third-order valence-corrected chi connectivity index (χ3v) is 3.51. The van der Waals surface area contributed by atoms with E-state index in [0.29, 0.717) is 0 Å². The Kier molecular flexibility index (Phi) is 2.90. The number of thioether (sulfide) groups is 1. The summed E-state index contributed by atoms with van der Waals surface area (Å²) in [6, 6.07) is 0. The van der Waals surface area contributed by atoms with Crippen LogP contribution in [0.3, 0.4) is 0 Å². The van der Waals surface area contributed by atoms with E-state index in [1.54, 1.807) is 0 Å². The van der Waals surface area contributed by atoms with E-state index in [4.69, 9.17) is 0 Å². The minimum Gasteiger partial charge on any atom is -0.316 e. The number of nitrogens with zero attached hydrogens (tertiary/aromatic N) is 2. The average Bonchev–Trinajstić information content (AvgIpc) is 2.71. The Labute approximate surface area is 82.9 Å². The second-order valence-corrected chi connectivity index (χ2v) is 4.61. The van der Waals surface area contributed by atoms with Crippen LogP contribution >= 0.6 is 11.8 Å². The van der Waals surface area contributed by atoms with Gasteiger partial charge < -0.3 is 5.32 Å². The first-order valence-corrected chi connectivity index (χ1v) is 5.65. The van der Waals surface area contributed by atoms with Crippen molar-refractivity contribution < 1.29 is 0 Å². The van der Waals surface area contributed by atoms with E-state index in [1.165, 1.54) is 30.2 Å². The van der Waals surface area contributed by atoms with Crippen LogP contribution < -0.4 is 5.32 Å². The Balaban J connectivity index is 1.78. The summed E-state index contributed by atoms with van der Waals surface area (Å²) >= 11 is 1.92. The zero-order chi connectivity index (χ0) is 9.10. The van der Waals surface area contributed by atoms with E-state index in [2.05, 4.69) is 16.6 Å². The van der Waals surface area contributed by atoms with Crippen LogP contribution in [-0.4, -0.2) is 28.6 Å². The number of aryl methyl sites for hydroxylation is 1. The zero-order valence-electron chi connectivity index (χ0n) is 7.86. The highest BCUT2D eigenvalue weighted by molar-refractivity contribution is 7.99.